The second-order valence-electron chi connectivity index (χ2n) is 8.01. The smallest absolute Gasteiger partial charge is 0.354 e. The fourth-order valence-corrected chi connectivity index (χ4v) is 3.67. The molecule has 0 aliphatic carbocycles. The van der Waals surface area contributed by atoms with Crippen molar-refractivity contribution in [3.05, 3.63) is 52.6 Å². The number of carbonyl (C=O) groups excluding carboxylic acids is 3. The molecule has 1 amide bonds. The fraction of sp³-hybridized carbons (Fsp3) is 0.478. The average Bonchev–Trinajstić information content (AvgIpc) is 2.93. The number of esters is 1. The minimum atomic E-state index is -0.693. The molecular formula is C23H31N3O4. The summed E-state index contributed by atoms with van der Waals surface area (Å²) < 4.78 is 6.54. The Bertz CT molecular complexity index is 932. The van der Waals surface area contributed by atoms with Crippen LogP contribution in [0.1, 0.15) is 64.9 Å². The van der Waals surface area contributed by atoms with Crippen LogP contribution in [0.25, 0.3) is 0 Å². The molecular weight excluding hydrogens is 382 g/mol. The third-order valence-corrected chi connectivity index (χ3v) is 5.38. The summed E-state index contributed by atoms with van der Waals surface area (Å²) >= 11 is 0. The first kappa shape index (κ1) is 23.3. The summed E-state index contributed by atoms with van der Waals surface area (Å²) in [6.07, 6.45) is 3.71. The van der Waals surface area contributed by atoms with Gasteiger partial charge in [-0.05, 0) is 43.9 Å². The van der Waals surface area contributed by atoms with Crippen LogP contribution in [0, 0.1) is 19.8 Å². The predicted molar refractivity (Wildman–Crippen MR) is 114 cm³/mol. The number of methoxy groups -OCH3 is 1. The third-order valence-electron chi connectivity index (χ3n) is 5.38. The number of pyridine rings is 1. The molecule has 162 valence electrons. The molecule has 0 aromatic carbocycles. The molecule has 1 unspecified atom stereocenters. The number of rotatable bonds is 8. The summed E-state index contributed by atoms with van der Waals surface area (Å²) in [5.41, 5.74) is 2.89. The number of carbonyl (C=O) groups is 3. The number of hydrogen-bond donors (Lipinski definition) is 0. The van der Waals surface area contributed by atoms with E-state index in [9.17, 15) is 14.4 Å². The zero-order chi connectivity index (χ0) is 22.6. The molecule has 7 nitrogen and oxygen atoms in total. The molecule has 0 saturated carbocycles. The van der Waals surface area contributed by atoms with Gasteiger partial charge in [0.05, 0.1) is 13.2 Å². The number of nitrogens with zero attached hydrogens (tertiary/aromatic N) is 3. The van der Waals surface area contributed by atoms with Crippen molar-refractivity contribution < 1.29 is 19.1 Å². The van der Waals surface area contributed by atoms with Crippen molar-refractivity contribution >= 4 is 17.7 Å². The number of Topliss-reactive ketones (excluding diaryl/α,β-unsaturated/α-hetero) is 1. The molecule has 0 aliphatic heterocycles. The molecule has 2 aromatic rings. The normalized spacial score (nSPS) is 12.0. The lowest BCUT2D eigenvalue weighted by Gasteiger charge is -2.29. The molecule has 0 aliphatic rings. The molecule has 30 heavy (non-hydrogen) atoms. The first-order chi connectivity index (χ1) is 14.1. The molecule has 0 fully saturated rings. The van der Waals surface area contributed by atoms with Crippen molar-refractivity contribution in [1.29, 1.82) is 0 Å². The van der Waals surface area contributed by atoms with Gasteiger partial charge in [-0.2, -0.15) is 0 Å². The van der Waals surface area contributed by atoms with Crippen LogP contribution in [0.2, 0.25) is 0 Å². The number of hydrogen-bond acceptors (Lipinski definition) is 5. The Morgan fingerprint density at radius 3 is 2.40 bits per heavy atom. The largest absolute Gasteiger partial charge is 0.464 e. The first-order valence-corrected chi connectivity index (χ1v) is 10.1. The Kier molecular flexibility index (Phi) is 7.54. The highest BCUT2D eigenvalue weighted by atomic mass is 16.5. The monoisotopic (exact) mass is 413 g/mol. The van der Waals surface area contributed by atoms with Gasteiger partial charge in [0.2, 0.25) is 5.91 Å². The van der Waals surface area contributed by atoms with Crippen molar-refractivity contribution in [1.82, 2.24) is 14.5 Å². The molecule has 2 rings (SSSR count). The van der Waals surface area contributed by atoms with Crippen molar-refractivity contribution in [3.63, 3.8) is 0 Å². The maximum Gasteiger partial charge on any atom is 0.354 e. The number of ether oxygens (including phenoxy) is 1. The van der Waals surface area contributed by atoms with Crippen molar-refractivity contribution in [3.8, 4) is 0 Å². The minimum absolute atomic E-state index is 0.0888. The van der Waals surface area contributed by atoms with Gasteiger partial charge in [0.25, 0.3) is 0 Å². The van der Waals surface area contributed by atoms with Crippen LogP contribution in [-0.2, 0) is 23.1 Å². The van der Waals surface area contributed by atoms with Crippen molar-refractivity contribution in [2.45, 2.75) is 53.6 Å². The summed E-state index contributed by atoms with van der Waals surface area (Å²) in [7, 11) is 3.04. The average molecular weight is 414 g/mol. The number of aromatic nitrogens is 2. The van der Waals surface area contributed by atoms with Gasteiger partial charge in [-0.1, -0.05) is 19.9 Å². The Hall–Kier alpha value is -2.96. The molecule has 2 aromatic heterocycles. The van der Waals surface area contributed by atoms with Crippen LogP contribution < -0.4 is 0 Å². The summed E-state index contributed by atoms with van der Waals surface area (Å²) in [4.78, 5) is 44.4. The topological polar surface area (TPSA) is 81.5 Å². The summed E-state index contributed by atoms with van der Waals surface area (Å²) in [5.74, 6) is -0.610. The zero-order valence-corrected chi connectivity index (χ0v) is 18.9. The molecule has 0 bridgehead atoms. The highest BCUT2D eigenvalue weighted by molar-refractivity contribution is 6.06. The van der Waals surface area contributed by atoms with Crippen molar-refractivity contribution in [2.75, 3.05) is 7.11 Å². The van der Waals surface area contributed by atoms with E-state index in [-0.39, 0.29) is 17.6 Å². The second kappa shape index (κ2) is 9.69. The summed E-state index contributed by atoms with van der Waals surface area (Å²) in [5, 5.41) is 0. The zero-order valence-electron chi connectivity index (χ0n) is 18.9. The molecule has 0 saturated heterocycles. The Labute approximate surface area is 178 Å². The SMILES string of the molecule is COC(=O)c1c(C)c(C(=O)C(C)N(Cc2cccnc2)C(=O)CC(C)C)c(C)n1C. The lowest BCUT2D eigenvalue weighted by atomic mass is 9.98. The van der Waals surface area contributed by atoms with E-state index < -0.39 is 12.0 Å². The standard InChI is InChI=1S/C23H31N3O4/c1-14(2)11-19(27)26(13-18-9-8-10-24-12-18)17(5)22(28)20-15(3)21(23(29)30-7)25(6)16(20)4/h8-10,12,14,17H,11,13H2,1-7H3. The summed E-state index contributed by atoms with van der Waals surface area (Å²) in [6.45, 7) is 9.50. The summed E-state index contributed by atoms with van der Waals surface area (Å²) in [6, 6.07) is 3.00. The Morgan fingerprint density at radius 1 is 1.20 bits per heavy atom. The van der Waals surface area contributed by atoms with Crippen LogP contribution >= 0.6 is 0 Å². The highest BCUT2D eigenvalue weighted by Crippen LogP contribution is 2.25. The van der Waals surface area contributed by atoms with E-state index in [1.54, 1.807) is 55.7 Å². The quantitative estimate of drug-likeness (QED) is 0.489. The van der Waals surface area contributed by atoms with E-state index in [4.69, 9.17) is 4.74 Å². The predicted octanol–water partition coefficient (Wildman–Crippen LogP) is 3.47. The Morgan fingerprint density at radius 2 is 1.87 bits per heavy atom. The van der Waals surface area contributed by atoms with Crippen LogP contribution in [-0.4, -0.2) is 45.3 Å². The third kappa shape index (κ3) is 4.78. The first-order valence-electron chi connectivity index (χ1n) is 10.1. The van der Waals surface area contributed by atoms with Crippen LogP contribution in [0.4, 0.5) is 0 Å². The van der Waals surface area contributed by atoms with Crippen molar-refractivity contribution in [2.24, 2.45) is 13.0 Å². The van der Waals surface area contributed by atoms with Gasteiger partial charge < -0.3 is 14.2 Å². The van der Waals surface area contributed by atoms with Gasteiger partial charge in [0.15, 0.2) is 5.78 Å². The lowest BCUT2D eigenvalue weighted by molar-refractivity contribution is -0.133. The maximum absolute atomic E-state index is 13.5. The van der Waals surface area contributed by atoms with Gasteiger partial charge in [0, 0.05) is 43.7 Å². The van der Waals surface area contributed by atoms with Gasteiger partial charge in [0.1, 0.15) is 5.69 Å². The molecule has 1 atom stereocenters. The van der Waals surface area contributed by atoms with E-state index in [0.717, 1.165) is 5.56 Å². The van der Waals surface area contributed by atoms with E-state index in [2.05, 4.69) is 4.98 Å². The molecule has 0 N–H and O–H groups in total. The van der Waals surface area contributed by atoms with Crippen LogP contribution in [0.15, 0.2) is 24.5 Å². The van der Waals surface area contributed by atoms with Crippen LogP contribution in [0.5, 0.6) is 0 Å². The number of ketones is 1. The molecule has 2 heterocycles. The van der Waals surface area contributed by atoms with Gasteiger partial charge >= 0.3 is 5.97 Å². The van der Waals surface area contributed by atoms with E-state index in [0.29, 0.717) is 35.5 Å². The molecule has 0 radical (unpaired) electrons. The molecule has 7 heteroatoms. The lowest BCUT2D eigenvalue weighted by Crippen LogP contribution is -2.43. The van der Waals surface area contributed by atoms with Gasteiger partial charge in [-0.15, -0.1) is 0 Å². The fourth-order valence-electron chi connectivity index (χ4n) is 3.67. The van der Waals surface area contributed by atoms with Crippen LogP contribution in [0.3, 0.4) is 0 Å². The minimum Gasteiger partial charge on any atom is -0.464 e. The van der Waals surface area contributed by atoms with Gasteiger partial charge in [-0.25, -0.2) is 4.79 Å². The molecule has 0 spiro atoms. The van der Waals surface area contributed by atoms with E-state index in [1.807, 2.05) is 19.9 Å². The van der Waals surface area contributed by atoms with E-state index >= 15 is 0 Å². The number of amides is 1. The highest BCUT2D eigenvalue weighted by Gasteiger charge is 2.32. The van der Waals surface area contributed by atoms with E-state index in [1.165, 1.54) is 7.11 Å². The maximum atomic E-state index is 13.5. The Balaban J connectivity index is 2.44. The van der Waals surface area contributed by atoms with Gasteiger partial charge in [-0.3, -0.25) is 14.6 Å². The second-order valence-corrected chi connectivity index (χ2v) is 8.01.